The number of rotatable bonds is 0. The number of para-hydroxylation sites is 1. The minimum Gasteiger partial charge on any atom is -0.201 e. The van der Waals surface area contributed by atoms with Crippen molar-refractivity contribution >= 4 is 10.9 Å². The molecule has 0 spiro atoms. The van der Waals surface area contributed by atoms with Crippen LogP contribution in [0.1, 0.15) is 19.4 Å². The number of hydrogen-bond donors (Lipinski definition) is 0. The van der Waals surface area contributed by atoms with Gasteiger partial charge in [0.15, 0.2) is 6.20 Å². The van der Waals surface area contributed by atoms with Gasteiger partial charge in [0, 0.05) is 17.5 Å². The van der Waals surface area contributed by atoms with Gasteiger partial charge in [-0.15, -0.1) is 0 Å². The van der Waals surface area contributed by atoms with Crippen molar-refractivity contribution in [2.24, 2.45) is 7.05 Å². The summed E-state index contributed by atoms with van der Waals surface area (Å²) in [5, 5.41) is 1.34. The van der Waals surface area contributed by atoms with Gasteiger partial charge in [0.25, 0.3) is 0 Å². The van der Waals surface area contributed by atoms with E-state index in [1.165, 1.54) is 16.5 Å². The summed E-state index contributed by atoms with van der Waals surface area (Å²) in [6, 6.07) is 10.6. The van der Waals surface area contributed by atoms with Crippen LogP contribution in [0.3, 0.4) is 0 Å². The Morgan fingerprint density at radius 3 is 2.29 bits per heavy atom. The van der Waals surface area contributed by atoms with Crippen molar-refractivity contribution in [3.05, 3.63) is 42.1 Å². The molecule has 2 rings (SSSR count). The fraction of sp³-hybridized carbons (Fsp3) is 0.308. The zero-order valence-corrected chi connectivity index (χ0v) is 9.41. The normalized spacial score (nSPS) is 9.43. The van der Waals surface area contributed by atoms with Crippen LogP contribution in [0, 0.1) is 6.92 Å². The van der Waals surface area contributed by atoms with E-state index in [9.17, 15) is 0 Å². The third-order valence-corrected chi connectivity index (χ3v) is 2.26. The van der Waals surface area contributed by atoms with Crippen molar-refractivity contribution in [3.8, 4) is 0 Å². The molecule has 0 atom stereocenters. The van der Waals surface area contributed by atoms with Crippen molar-refractivity contribution < 1.29 is 4.57 Å². The average Bonchev–Trinajstić information content (AvgIpc) is 2.27. The van der Waals surface area contributed by atoms with E-state index in [4.69, 9.17) is 0 Å². The summed E-state index contributed by atoms with van der Waals surface area (Å²) >= 11 is 0. The minimum absolute atomic E-state index is 1.29. The Bertz CT molecular complexity index is 378. The van der Waals surface area contributed by atoms with Crippen LogP contribution in [0.25, 0.3) is 10.9 Å². The zero-order valence-electron chi connectivity index (χ0n) is 9.41. The summed E-state index contributed by atoms with van der Waals surface area (Å²) in [7, 11) is 2.07. The second-order valence-corrected chi connectivity index (χ2v) is 3.13. The van der Waals surface area contributed by atoms with Gasteiger partial charge < -0.3 is 0 Å². The Morgan fingerprint density at radius 1 is 1.00 bits per heavy atom. The lowest BCUT2D eigenvalue weighted by atomic mass is 10.1. The molecule has 14 heavy (non-hydrogen) atoms. The van der Waals surface area contributed by atoms with E-state index in [2.05, 4.69) is 55.1 Å². The molecule has 0 saturated carbocycles. The lowest BCUT2D eigenvalue weighted by Gasteiger charge is -1.98. The van der Waals surface area contributed by atoms with Gasteiger partial charge in [0.1, 0.15) is 7.05 Å². The van der Waals surface area contributed by atoms with Crippen molar-refractivity contribution in [3.63, 3.8) is 0 Å². The third-order valence-electron chi connectivity index (χ3n) is 2.26. The topological polar surface area (TPSA) is 3.88 Å². The number of fused-ring (bicyclic) bond motifs is 1. The molecular formula is C13H18N+. The first-order valence-electron chi connectivity index (χ1n) is 5.13. The van der Waals surface area contributed by atoms with Crippen LogP contribution < -0.4 is 4.57 Å². The number of aromatic nitrogens is 1. The monoisotopic (exact) mass is 188 g/mol. The number of nitrogens with zero attached hydrogens (tertiary/aromatic N) is 1. The molecule has 1 heterocycles. The predicted octanol–water partition coefficient (Wildman–Crippen LogP) is 3.00. The van der Waals surface area contributed by atoms with E-state index in [1.807, 2.05) is 13.8 Å². The van der Waals surface area contributed by atoms with Crippen LogP contribution in [0.2, 0.25) is 0 Å². The molecule has 1 aromatic heterocycles. The third kappa shape index (κ3) is 1.92. The molecule has 0 radical (unpaired) electrons. The highest BCUT2D eigenvalue weighted by molar-refractivity contribution is 5.78. The lowest BCUT2D eigenvalue weighted by Crippen LogP contribution is -2.28. The number of pyridine rings is 1. The quantitative estimate of drug-likeness (QED) is 0.560. The number of benzene rings is 1. The SMILES string of the molecule is CC.Cc1cc[n+](C)c2ccccc12. The summed E-state index contributed by atoms with van der Waals surface area (Å²) in [6.07, 6.45) is 2.09. The maximum Gasteiger partial charge on any atom is 0.212 e. The van der Waals surface area contributed by atoms with E-state index >= 15 is 0 Å². The van der Waals surface area contributed by atoms with E-state index < -0.39 is 0 Å². The van der Waals surface area contributed by atoms with Gasteiger partial charge in [-0.25, -0.2) is 4.57 Å². The first-order valence-corrected chi connectivity index (χ1v) is 5.13. The van der Waals surface area contributed by atoms with E-state index in [-0.39, 0.29) is 0 Å². The molecule has 0 amide bonds. The van der Waals surface area contributed by atoms with E-state index in [0.29, 0.717) is 0 Å². The molecule has 2 aromatic rings. The van der Waals surface area contributed by atoms with Crippen LogP contribution in [0.5, 0.6) is 0 Å². The lowest BCUT2D eigenvalue weighted by molar-refractivity contribution is -0.644. The van der Waals surface area contributed by atoms with Crippen LogP contribution in [0.4, 0.5) is 0 Å². The highest BCUT2D eigenvalue weighted by Crippen LogP contribution is 2.12. The smallest absolute Gasteiger partial charge is 0.201 e. The van der Waals surface area contributed by atoms with Crippen LogP contribution in [-0.4, -0.2) is 0 Å². The van der Waals surface area contributed by atoms with Gasteiger partial charge in [-0.1, -0.05) is 26.0 Å². The van der Waals surface area contributed by atoms with Crippen molar-refractivity contribution in [1.82, 2.24) is 0 Å². The standard InChI is InChI=1S/C11H12N.C2H6/c1-9-7-8-12(2)11-6-4-3-5-10(9)11;1-2/h3-8H,1-2H3;1-2H3/q+1;. The Morgan fingerprint density at radius 2 is 1.64 bits per heavy atom. The molecule has 0 aliphatic rings. The molecule has 0 aliphatic heterocycles. The van der Waals surface area contributed by atoms with Gasteiger partial charge in [-0.2, -0.15) is 0 Å². The first kappa shape index (κ1) is 10.7. The largest absolute Gasteiger partial charge is 0.212 e. The summed E-state index contributed by atoms with van der Waals surface area (Å²) < 4.78 is 2.14. The molecule has 1 heteroatoms. The van der Waals surface area contributed by atoms with Crippen molar-refractivity contribution in [2.75, 3.05) is 0 Å². The van der Waals surface area contributed by atoms with Gasteiger partial charge in [0.05, 0.1) is 0 Å². The average molecular weight is 188 g/mol. The maximum atomic E-state index is 2.16. The van der Waals surface area contributed by atoms with Crippen LogP contribution >= 0.6 is 0 Å². The summed E-state index contributed by atoms with van der Waals surface area (Å²) in [4.78, 5) is 0. The first-order chi connectivity index (χ1) is 6.79. The highest BCUT2D eigenvalue weighted by atomic mass is 14.9. The fourth-order valence-corrected chi connectivity index (χ4v) is 1.51. The summed E-state index contributed by atoms with van der Waals surface area (Å²) in [6.45, 7) is 6.14. The second-order valence-electron chi connectivity index (χ2n) is 3.13. The molecule has 74 valence electrons. The van der Waals surface area contributed by atoms with Crippen molar-refractivity contribution in [1.29, 1.82) is 0 Å². The van der Waals surface area contributed by atoms with Gasteiger partial charge in [-0.05, 0) is 18.6 Å². The molecule has 0 saturated heterocycles. The highest BCUT2D eigenvalue weighted by Gasteiger charge is 2.04. The predicted molar refractivity (Wildman–Crippen MR) is 61.2 cm³/mol. The Balaban J connectivity index is 0.000000461. The van der Waals surface area contributed by atoms with E-state index in [0.717, 1.165) is 0 Å². The van der Waals surface area contributed by atoms with Crippen molar-refractivity contribution in [2.45, 2.75) is 20.8 Å². The Labute approximate surface area is 86.0 Å². The number of hydrogen-bond acceptors (Lipinski definition) is 0. The van der Waals surface area contributed by atoms with Gasteiger partial charge in [-0.3, -0.25) is 0 Å². The Kier molecular flexibility index (Phi) is 3.63. The molecular weight excluding hydrogens is 170 g/mol. The molecule has 1 nitrogen and oxygen atoms in total. The zero-order chi connectivity index (χ0) is 10.6. The molecule has 0 N–H and O–H groups in total. The van der Waals surface area contributed by atoms with Crippen LogP contribution in [-0.2, 0) is 7.05 Å². The molecule has 0 aliphatic carbocycles. The van der Waals surface area contributed by atoms with Gasteiger partial charge in [0.2, 0.25) is 5.52 Å². The minimum atomic E-state index is 1.29. The molecule has 0 bridgehead atoms. The molecule has 0 fully saturated rings. The molecule has 1 aromatic carbocycles. The summed E-state index contributed by atoms with van der Waals surface area (Å²) in [5.41, 5.74) is 2.63. The fourth-order valence-electron chi connectivity index (χ4n) is 1.51. The molecule has 0 unspecified atom stereocenters. The van der Waals surface area contributed by atoms with Gasteiger partial charge >= 0.3 is 0 Å². The Hall–Kier alpha value is -1.37. The summed E-state index contributed by atoms with van der Waals surface area (Å²) in [5.74, 6) is 0. The number of aryl methyl sites for hydroxylation is 2. The van der Waals surface area contributed by atoms with Crippen LogP contribution in [0.15, 0.2) is 36.5 Å². The maximum absolute atomic E-state index is 2.16. The van der Waals surface area contributed by atoms with E-state index in [1.54, 1.807) is 0 Å². The second kappa shape index (κ2) is 4.75.